The first-order chi connectivity index (χ1) is 8.63. The van der Waals surface area contributed by atoms with Gasteiger partial charge >= 0.3 is 12.1 Å². The first-order valence-electron chi connectivity index (χ1n) is 5.63. The van der Waals surface area contributed by atoms with Gasteiger partial charge < -0.3 is 20.1 Å². The predicted molar refractivity (Wildman–Crippen MR) is 64.7 cm³/mol. The molecule has 0 saturated heterocycles. The lowest BCUT2D eigenvalue weighted by Crippen LogP contribution is -2.32. The van der Waals surface area contributed by atoms with Crippen LogP contribution in [0.25, 0.3) is 0 Å². The monoisotopic (exact) mass is 271 g/mol. The number of carbonyl (C=O) groups is 2. The summed E-state index contributed by atoms with van der Waals surface area (Å²) in [6.07, 6.45) is -3.18. The van der Waals surface area contributed by atoms with Gasteiger partial charge in [0.25, 0.3) is 0 Å². The van der Waals surface area contributed by atoms with Crippen LogP contribution in [0.5, 0.6) is 0 Å². The summed E-state index contributed by atoms with van der Waals surface area (Å²) >= 11 is 0. The number of ether oxygens (including phenoxy) is 1. The highest BCUT2D eigenvalue weighted by Gasteiger charge is 2.29. The SMILES string of the molecule is CC(C)(C)OC(=O)n1cccc1C(O)C(O)C(=O)O. The van der Waals surface area contributed by atoms with Crippen LogP contribution in [0.4, 0.5) is 4.79 Å². The fourth-order valence-corrected chi connectivity index (χ4v) is 1.41. The molecule has 7 heteroatoms. The maximum absolute atomic E-state index is 11.8. The third-order valence-corrected chi connectivity index (χ3v) is 2.23. The first kappa shape index (κ1) is 15.2. The molecule has 0 aliphatic heterocycles. The Balaban J connectivity index is 2.98. The van der Waals surface area contributed by atoms with E-state index in [1.165, 1.54) is 18.3 Å². The zero-order chi connectivity index (χ0) is 14.8. The number of aliphatic hydroxyl groups is 2. The van der Waals surface area contributed by atoms with Crippen molar-refractivity contribution in [3.63, 3.8) is 0 Å². The molecule has 0 aromatic carbocycles. The van der Waals surface area contributed by atoms with Gasteiger partial charge in [0, 0.05) is 6.20 Å². The van der Waals surface area contributed by atoms with E-state index in [1.807, 2.05) is 0 Å². The highest BCUT2D eigenvalue weighted by atomic mass is 16.6. The van der Waals surface area contributed by atoms with Crippen molar-refractivity contribution in [1.29, 1.82) is 0 Å². The molecule has 1 heterocycles. The van der Waals surface area contributed by atoms with E-state index in [0.29, 0.717) is 0 Å². The highest BCUT2D eigenvalue weighted by Crippen LogP contribution is 2.19. The third-order valence-electron chi connectivity index (χ3n) is 2.23. The fraction of sp³-hybridized carbons (Fsp3) is 0.500. The van der Waals surface area contributed by atoms with Crippen LogP contribution in [0.3, 0.4) is 0 Å². The minimum absolute atomic E-state index is 0.0517. The molecule has 0 radical (unpaired) electrons. The van der Waals surface area contributed by atoms with Crippen molar-refractivity contribution >= 4 is 12.1 Å². The third kappa shape index (κ3) is 3.80. The minimum atomic E-state index is -2.02. The van der Waals surface area contributed by atoms with Crippen LogP contribution in [-0.2, 0) is 9.53 Å². The van der Waals surface area contributed by atoms with Crippen LogP contribution in [0, 0.1) is 0 Å². The van der Waals surface area contributed by atoms with E-state index < -0.39 is 29.9 Å². The van der Waals surface area contributed by atoms with Gasteiger partial charge in [0.1, 0.15) is 11.7 Å². The number of nitrogens with zero attached hydrogens (tertiary/aromatic N) is 1. The molecule has 0 spiro atoms. The molecule has 2 unspecified atom stereocenters. The van der Waals surface area contributed by atoms with E-state index in [4.69, 9.17) is 9.84 Å². The lowest BCUT2D eigenvalue weighted by molar-refractivity contribution is -0.153. The van der Waals surface area contributed by atoms with Crippen molar-refractivity contribution in [2.45, 2.75) is 38.6 Å². The van der Waals surface area contributed by atoms with Gasteiger partial charge in [-0.3, -0.25) is 4.57 Å². The highest BCUT2D eigenvalue weighted by molar-refractivity contribution is 5.75. The second-order valence-electron chi connectivity index (χ2n) is 5.01. The summed E-state index contributed by atoms with van der Waals surface area (Å²) in [4.78, 5) is 22.5. The van der Waals surface area contributed by atoms with Crippen molar-refractivity contribution in [2.24, 2.45) is 0 Å². The van der Waals surface area contributed by atoms with E-state index in [2.05, 4.69) is 0 Å². The zero-order valence-electron chi connectivity index (χ0n) is 10.9. The van der Waals surface area contributed by atoms with Crippen LogP contribution in [0.2, 0.25) is 0 Å². The summed E-state index contributed by atoms with van der Waals surface area (Å²) in [7, 11) is 0. The number of carboxylic acid groups (broad SMARTS) is 1. The van der Waals surface area contributed by atoms with Gasteiger partial charge in [-0.25, -0.2) is 9.59 Å². The molecule has 106 valence electrons. The molecule has 0 saturated carbocycles. The number of hydrogen-bond donors (Lipinski definition) is 3. The van der Waals surface area contributed by atoms with Gasteiger partial charge in [0.2, 0.25) is 0 Å². The van der Waals surface area contributed by atoms with Crippen LogP contribution in [0.1, 0.15) is 32.6 Å². The van der Waals surface area contributed by atoms with Gasteiger partial charge in [-0.1, -0.05) is 0 Å². The Labute approximate surface area is 110 Å². The van der Waals surface area contributed by atoms with Crippen LogP contribution < -0.4 is 0 Å². The topological polar surface area (TPSA) is 109 Å². The molecule has 0 amide bonds. The molecular weight excluding hydrogens is 254 g/mol. The standard InChI is InChI=1S/C12H17NO6/c1-12(2,3)19-11(18)13-6-4-5-7(13)8(14)9(15)10(16)17/h4-6,8-9,14-15H,1-3H3,(H,16,17). The number of aliphatic carboxylic acids is 1. The van der Waals surface area contributed by atoms with E-state index in [-0.39, 0.29) is 5.69 Å². The number of hydrogen-bond acceptors (Lipinski definition) is 5. The lowest BCUT2D eigenvalue weighted by atomic mass is 10.1. The molecule has 0 aliphatic carbocycles. The van der Waals surface area contributed by atoms with Crippen molar-refractivity contribution in [1.82, 2.24) is 4.57 Å². The summed E-state index contributed by atoms with van der Waals surface area (Å²) in [5.74, 6) is -1.58. The molecule has 3 N–H and O–H groups in total. The molecule has 2 atom stereocenters. The second-order valence-corrected chi connectivity index (χ2v) is 5.01. The molecular formula is C12H17NO6. The Morgan fingerprint density at radius 3 is 2.37 bits per heavy atom. The van der Waals surface area contributed by atoms with Gasteiger partial charge in [-0.15, -0.1) is 0 Å². The predicted octanol–water partition coefficient (Wildman–Crippen LogP) is 0.750. The summed E-state index contributed by atoms with van der Waals surface area (Å²) in [5, 5.41) is 27.6. The quantitative estimate of drug-likeness (QED) is 0.748. The molecule has 0 aliphatic rings. The van der Waals surface area contributed by atoms with E-state index in [9.17, 15) is 19.8 Å². The second kappa shape index (κ2) is 5.41. The van der Waals surface area contributed by atoms with Crippen molar-refractivity contribution in [3.05, 3.63) is 24.0 Å². The largest absolute Gasteiger partial charge is 0.479 e. The average molecular weight is 271 g/mol. The summed E-state index contributed by atoms with van der Waals surface area (Å²) < 4.78 is 6.06. The van der Waals surface area contributed by atoms with E-state index >= 15 is 0 Å². The maximum atomic E-state index is 11.8. The van der Waals surface area contributed by atoms with Crippen LogP contribution in [-0.4, -0.2) is 43.7 Å². The molecule has 7 nitrogen and oxygen atoms in total. The van der Waals surface area contributed by atoms with Crippen molar-refractivity contribution < 1.29 is 29.6 Å². The number of aromatic nitrogens is 1. The minimum Gasteiger partial charge on any atom is -0.479 e. The summed E-state index contributed by atoms with van der Waals surface area (Å²) in [5.41, 5.74) is -0.779. The molecule has 1 rings (SSSR count). The number of carbonyl (C=O) groups excluding carboxylic acids is 1. The Morgan fingerprint density at radius 2 is 1.89 bits per heavy atom. The van der Waals surface area contributed by atoms with E-state index in [0.717, 1.165) is 4.57 Å². The molecule has 0 fully saturated rings. The molecule has 0 bridgehead atoms. The normalized spacial score (nSPS) is 14.8. The Bertz CT molecular complexity index is 473. The van der Waals surface area contributed by atoms with Gasteiger partial charge in [-0.05, 0) is 32.9 Å². The van der Waals surface area contributed by atoms with Crippen molar-refractivity contribution in [3.8, 4) is 0 Å². The number of aliphatic hydroxyl groups excluding tert-OH is 2. The van der Waals surface area contributed by atoms with Crippen LogP contribution in [0.15, 0.2) is 18.3 Å². The summed E-state index contributed by atoms with van der Waals surface area (Å²) in [6, 6.07) is 2.78. The lowest BCUT2D eigenvalue weighted by Gasteiger charge is -2.22. The molecule has 1 aromatic heterocycles. The fourth-order valence-electron chi connectivity index (χ4n) is 1.41. The van der Waals surface area contributed by atoms with Crippen LogP contribution >= 0.6 is 0 Å². The van der Waals surface area contributed by atoms with Gasteiger partial charge in [-0.2, -0.15) is 0 Å². The summed E-state index contributed by atoms with van der Waals surface area (Å²) in [6.45, 7) is 5.03. The maximum Gasteiger partial charge on any atom is 0.418 e. The Kier molecular flexibility index (Phi) is 4.33. The molecule has 1 aromatic rings. The van der Waals surface area contributed by atoms with Gasteiger partial charge in [0.15, 0.2) is 6.10 Å². The zero-order valence-corrected chi connectivity index (χ0v) is 10.9. The van der Waals surface area contributed by atoms with Crippen molar-refractivity contribution in [2.75, 3.05) is 0 Å². The van der Waals surface area contributed by atoms with Gasteiger partial charge in [0.05, 0.1) is 5.69 Å². The average Bonchev–Trinajstić information content (AvgIpc) is 2.73. The number of rotatable bonds is 3. The Hall–Kier alpha value is -1.86. The Morgan fingerprint density at radius 1 is 1.32 bits per heavy atom. The molecule has 19 heavy (non-hydrogen) atoms. The first-order valence-corrected chi connectivity index (χ1v) is 5.63. The smallest absolute Gasteiger partial charge is 0.418 e. The number of carboxylic acids is 1. The van der Waals surface area contributed by atoms with E-state index in [1.54, 1.807) is 20.8 Å².